The molecule has 0 heterocycles. The molecular weight excluding hydrogens is 192 g/mol. The van der Waals surface area contributed by atoms with Crippen molar-refractivity contribution < 1.29 is 0 Å². The molecule has 2 rings (SSSR count). The van der Waals surface area contributed by atoms with E-state index in [1.807, 2.05) is 0 Å². The molecular formula is C16H30. The zero-order valence-corrected chi connectivity index (χ0v) is 11.5. The van der Waals surface area contributed by atoms with Gasteiger partial charge in [-0.3, -0.25) is 0 Å². The van der Waals surface area contributed by atoms with Crippen molar-refractivity contribution in [2.45, 2.75) is 72.1 Å². The highest BCUT2D eigenvalue weighted by Gasteiger charge is 2.44. The molecule has 0 heteroatoms. The smallest absolute Gasteiger partial charge is 0.0355 e. The van der Waals surface area contributed by atoms with Crippen molar-refractivity contribution in [1.82, 2.24) is 0 Å². The summed E-state index contributed by atoms with van der Waals surface area (Å²) in [6.07, 6.45) is 12.0. The Hall–Kier alpha value is 0. The Bertz CT molecular complexity index is 188. The minimum atomic E-state index is 1.01. The molecule has 0 radical (unpaired) electrons. The lowest BCUT2D eigenvalue weighted by molar-refractivity contribution is 0.237. The molecule has 2 fully saturated rings. The van der Waals surface area contributed by atoms with Gasteiger partial charge in [0.15, 0.2) is 0 Å². The molecule has 0 nitrogen and oxygen atoms in total. The van der Waals surface area contributed by atoms with Gasteiger partial charge >= 0.3 is 0 Å². The monoisotopic (exact) mass is 222 g/mol. The molecule has 0 spiro atoms. The molecule has 4 atom stereocenters. The highest BCUT2D eigenvalue weighted by atomic mass is 14.5. The fraction of sp³-hybridized carbons (Fsp3) is 1.00. The van der Waals surface area contributed by atoms with E-state index in [9.17, 15) is 0 Å². The summed E-state index contributed by atoms with van der Waals surface area (Å²) < 4.78 is 0. The highest BCUT2D eigenvalue weighted by molar-refractivity contribution is 4.93. The molecule has 0 aromatic carbocycles. The first kappa shape index (κ1) is 12.5. The zero-order valence-electron chi connectivity index (χ0n) is 11.5. The molecule has 0 bridgehead atoms. The molecule has 0 aromatic rings. The van der Waals surface area contributed by atoms with Crippen molar-refractivity contribution in [3.8, 4) is 0 Å². The van der Waals surface area contributed by atoms with E-state index in [2.05, 4.69) is 20.8 Å². The van der Waals surface area contributed by atoms with Crippen LogP contribution >= 0.6 is 0 Å². The first-order valence-electron chi connectivity index (χ1n) is 7.75. The van der Waals surface area contributed by atoms with E-state index >= 15 is 0 Å². The van der Waals surface area contributed by atoms with E-state index in [4.69, 9.17) is 0 Å². The predicted octanol–water partition coefficient (Wildman–Crippen LogP) is 5.28. The number of rotatable bonds is 2. The first-order chi connectivity index (χ1) is 7.75. The van der Waals surface area contributed by atoms with Crippen LogP contribution in [0.15, 0.2) is 0 Å². The average Bonchev–Trinajstić information content (AvgIpc) is 2.42. The molecule has 16 heavy (non-hydrogen) atoms. The summed E-state index contributed by atoms with van der Waals surface area (Å²) >= 11 is 0. The topological polar surface area (TPSA) is 0 Å². The summed E-state index contributed by atoms with van der Waals surface area (Å²) in [5, 5.41) is 0. The van der Waals surface area contributed by atoms with Gasteiger partial charge in [0.05, 0.1) is 0 Å². The molecule has 0 aromatic heterocycles. The fourth-order valence-electron chi connectivity index (χ4n) is 4.82. The van der Waals surface area contributed by atoms with Gasteiger partial charge < -0.3 is 0 Å². The van der Waals surface area contributed by atoms with Crippen LogP contribution in [-0.2, 0) is 0 Å². The van der Waals surface area contributed by atoms with Gasteiger partial charge in [-0.05, 0) is 42.4 Å². The highest BCUT2D eigenvalue weighted by Crippen LogP contribution is 2.52. The summed E-state index contributed by atoms with van der Waals surface area (Å²) in [5.74, 6) is 5.22. The van der Waals surface area contributed by atoms with E-state index in [1.54, 1.807) is 0 Å². The van der Waals surface area contributed by atoms with Crippen molar-refractivity contribution in [2.24, 2.45) is 29.6 Å². The molecule has 2 aliphatic rings. The molecule has 0 N–H and O–H groups in total. The molecule has 0 saturated heterocycles. The zero-order chi connectivity index (χ0) is 11.5. The minimum absolute atomic E-state index is 1.01. The third-order valence-electron chi connectivity index (χ3n) is 5.70. The van der Waals surface area contributed by atoms with Gasteiger partial charge in [-0.2, -0.15) is 0 Å². The van der Waals surface area contributed by atoms with Gasteiger partial charge in [0, 0.05) is 0 Å². The van der Waals surface area contributed by atoms with Crippen LogP contribution < -0.4 is 0 Å². The maximum atomic E-state index is 2.56. The largest absolute Gasteiger partial charge is 0.0654 e. The minimum Gasteiger partial charge on any atom is -0.0654 e. The number of hydrogen-bond acceptors (Lipinski definition) is 0. The van der Waals surface area contributed by atoms with Crippen LogP contribution in [0.3, 0.4) is 0 Å². The second-order valence-corrected chi connectivity index (χ2v) is 6.49. The second-order valence-electron chi connectivity index (χ2n) is 6.49. The molecule has 2 saturated carbocycles. The van der Waals surface area contributed by atoms with Crippen LogP contribution in [0.25, 0.3) is 0 Å². The van der Waals surface area contributed by atoms with Gasteiger partial charge in [-0.25, -0.2) is 0 Å². The lowest BCUT2D eigenvalue weighted by Crippen LogP contribution is -2.17. The van der Waals surface area contributed by atoms with Crippen LogP contribution in [0.5, 0.6) is 0 Å². The van der Waals surface area contributed by atoms with Crippen molar-refractivity contribution in [3.63, 3.8) is 0 Å². The number of hydrogen-bond donors (Lipinski definition) is 0. The molecule has 0 amide bonds. The maximum Gasteiger partial charge on any atom is -0.0355 e. The van der Waals surface area contributed by atoms with Crippen LogP contribution in [0.4, 0.5) is 0 Å². The Morgan fingerprint density at radius 2 is 1.31 bits per heavy atom. The second kappa shape index (κ2) is 5.56. The number of fused-ring (bicyclic) bond motifs is 1. The Kier molecular flexibility index (Phi) is 4.33. The average molecular weight is 222 g/mol. The molecule has 0 aliphatic heterocycles. The molecule has 4 unspecified atom stereocenters. The maximum absolute atomic E-state index is 2.56. The van der Waals surface area contributed by atoms with Crippen LogP contribution in [0.2, 0.25) is 0 Å². The van der Waals surface area contributed by atoms with Crippen molar-refractivity contribution in [2.75, 3.05) is 0 Å². The standard InChI is InChI=1S/C16H30/c1-4-9-14-12(2)15-10-7-5-6-8-11-16(15)13(14)3/h12-16H,4-11H2,1-3H3. The summed E-state index contributed by atoms with van der Waals surface area (Å²) in [6.45, 7) is 7.48. The summed E-state index contributed by atoms with van der Waals surface area (Å²) in [5.41, 5.74) is 0. The Balaban J connectivity index is 2.06. The summed E-state index contributed by atoms with van der Waals surface area (Å²) in [7, 11) is 0. The van der Waals surface area contributed by atoms with Crippen LogP contribution in [0, 0.1) is 29.6 Å². The van der Waals surface area contributed by atoms with E-state index in [0.717, 1.165) is 29.6 Å². The first-order valence-corrected chi connectivity index (χ1v) is 7.75. The fourth-order valence-corrected chi connectivity index (χ4v) is 4.82. The van der Waals surface area contributed by atoms with Gasteiger partial charge in [0.2, 0.25) is 0 Å². The Morgan fingerprint density at radius 1 is 0.812 bits per heavy atom. The van der Waals surface area contributed by atoms with Gasteiger partial charge in [-0.1, -0.05) is 59.3 Å². The summed E-state index contributed by atoms with van der Waals surface area (Å²) in [6, 6.07) is 0. The molecule has 2 aliphatic carbocycles. The van der Waals surface area contributed by atoms with E-state index in [0.29, 0.717) is 0 Å². The van der Waals surface area contributed by atoms with Crippen LogP contribution in [0.1, 0.15) is 72.1 Å². The van der Waals surface area contributed by atoms with Crippen LogP contribution in [-0.4, -0.2) is 0 Å². The lowest BCUT2D eigenvalue weighted by Gasteiger charge is -2.27. The quantitative estimate of drug-likeness (QED) is 0.596. The third-order valence-corrected chi connectivity index (χ3v) is 5.70. The van der Waals surface area contributed by atoms with Gasteiger partial charge in [0.25, 0.3) is 0 Å². The van der Waals surface area contributed by atoms with Gasteiger partial charge in [-0.15, -0.1) is 0 Å². The normalized spacial score (nSPS) is 44.8. The van der Waals surface area contributed by atoms with E-state index in [-0.39, 0.29) is 0 Å². The Labute approximate surface area is 102 Å². The predicted molar refractivity (Wildman–Crippen MR) is 71.4 cm³/mol. The van der Waals surface area contributed by atoms with Crippen molar-refractivity contribution in [1.29, 1.82) is 0 Å². The van der Waals surface area contributed by atoms with Gasteiger partial charge in [0.1, 0.15) is 0 Å². The Morgan fingerprint density at radius 3 is 1.75 bits per heavy atom. The van der Waals surface area contributed by atoms with E-state index < -0.39 is 0 Å². The third kappa shape index (κ3) is 2.31. The molecule has 94 valence electrons. The van der Waals surface area contributed by atoms with Crippen molar-refractivity contribution >= 4 is 0 Å². The lowest BCUT2D eigenvalue weighted by atomic mass is 9.79. The SMILES string of the molecule is CCCC1C(C)C2CCCCCCC2C1C. The van der Waals surface area contributed by atoms with E-state index in [1.165, 1.54) is 51.4 Å². The van der Waals surface area contributed by atoms with Crippen molar-refractivity contribution in [3.05, 3.63) is 0 Å². The summed E-state index contributed by atoms with van der Waals surface area (Å²) in [4.78, 5) is 0.